The van der Waals surface area contributed by atoms with Crippen molar-refractivity contribution in [2.45, 2.75) is 39.7 Å². The van der Waals surface area contributed by atoms with Gasteiger partial charge in [0.1, 0.15) is 0 Å². The molecule has 1 aromatic carbocycles. The molecule has 0 fully saturated rings. The van der Waals surface area contributed by atoms with Crippen LogP contribution in [-0.4, -0.2) is 16.0 Å². The minimum absolute atomic E-state index is 0. The van der Waals surface area contributed by atoms with E-state index < -0.39 is 0 Å². The van der Waals surface area contributed by atoms with Crippen LogP contribution in [0.4, 0.5) is 0 Å². The van der Waals surface area contributed by atoms with Crippen LogP contribution in [0, 0.1) is 0 Å². The molecule has 0 bridgehead atoms. The van der Waals surface area contributed by atoms with Crippen molar-refractivity contribution >= 4 is 30.1 Å². The molecule has 0 heterocycles. The van der Waals surface area contributed by atoms with Gasteiger partial charge in [-0.15, -0.1) is 16.9 Å². The molecule has 3 nitrogen and oxygen atoms in total. The highest BCUT2D eigenvalue weighted by Gasteiger charge is 2.22. The SMILES string of the molecule is CCc1ccccc1C(=O)NN(Cl)C(C)(C)C.Cl. The molecule has 0 atom stereocenters. The Morgan fingerprint density at radius 1 is 1.33 bits per heavy atom. The van der Waals surface area contributed by atoms with E-state index >= 15 is 0 Å². The van der Waals surface area contributed by atoms with E-state index in [0.29, 0.717) is 5.56 Å². The van der Waals surface area contributed by atoms with E-state index in [-0.39, 0.29) is 23.9 Å². The molecule has 5 heteroatoms. The molecule has 0 saturated carbocycles. The first kappa shape index (κ1) is 17.2. The van der Waals surface area contributed by atoms with E-state index in [0.717, 1.165) is 12.0 Å². The van der Waals surface area contributed by atoms with Crippen molar-refractivity contribution in [1.29, 1.82) is 0 Å². The number of hydrogen-bond donors (Lipinski definition) is 1. The van der Waals surface area contributed by atoms with Gasteiger partial charge in [0.05, 0.1) is 0 Å². The highest BCUT2D eigenvalue weighted by molar-refractivity contribution is 6.14. The highest BCUT2D eigenvalue weighted by Crippen LogP contribution is 2.15. The fourth-order valence-corrected chi connectivity index (χ4v) is 1.44. The van der Waals surface area contributed by atoms with E-state index in [1.54, 1.807) is 0 Å². The maximum absolute atomic E-state index is 12.0. The van der Waals surface area contributed by atoms with Crippen LogP contribution in [0.2, 0.25) is 0 Å². The Morgan fingerprint density at radius 3 is 2.39 bits per heavy atom. The average Bonchev–Trinajstić information content (AvgIpc) is 2.27. The molecule has 0 unspecified atom stereocenters. The van der Waals surface area contributed by atoms with Crippen LogP contribution in [0.15, 0.2) is 24.3 Å². The number of carbonyl (C=O) groups excluding carboxylic acids is 1. The van der Waals surface area contributed by atoms with Crippen LogP contribution >= 0.6 is 24.2 Å². The summed E-state index contributed by atoms with van der Waals surface area (Å²) in [5, 5.41) is 0. The number of nitrogens with one attached hydrogen (secondary N) is 1. The summed E-state index contributed by atoms with van der Waals surface area (Å²) in [6, 6.07) is 7.54. The van der Waals surface area contributed by atoms with Gasteiger partial charge in [-0.3, -0.25) is 10.2 Å². The second kappa shape index (κ2) is 6.98. The van der Waals surface area contributed by atoms with Gasteiger partial charge in [-0.1, -0.05) is 25.1 Å². The molecule has 0 aliphatic rings. The number of benzene rings is 1. The predicted octanol–water partition coefficient (Wildman–Crippen LogP) is 3.57. The van der Waals surface area contributed by atoms with Crippen molar-refractivity contribution in [3.8, 4) is 0 Å². The van der Waals surface area contributed by atoms with E-state index in [1.165, 1.54) is 4.53 Å². The minimum Gasteiger partial charge on any atom is -0.270 e. The summed E-state index contributed by atoms with van der Waals surface area (Å²) in [6.07, 6.45) is 0.821. The number of halogens is 2. The summed E-state index contributed by atoms with van der Waals surface area (Å²) in [7, 11) is 0. The third kappa shape index (κ3) is 4.48. The number of nitrogens with zero attached hydrogens (tertiary/aromatic N) is 1. The lowest BCUT2D eigenvalue weighted by molar-refractivity contribution is 0.0805. The standard InChI is InChI=1S/C13H19ClN2O.ClH/c1-5-10-8-6-7-9-11(10)12(17)15-16(14)13(2,3)4;/h6-9H,5H2,1-4H3,(H,15,17);1H. The number of hydrogen-bond acceptors (Lipinski definition) is 2. The smallest absolute Gasteiger partial charge is 0.266 e. The minimum atomic E-state index is -0.321. The molecular formula is C13H20Cl2N2O. The number of amides is 1. The van der Waals surface area contributed by atoms with Crippen molar-refractivity contribution < 1.29 is 4.79 Å². The number of rotatable bonds is 3. The molecule has 18 heavy (non-hydrogen) atoms. The van der Waals surface area contributed by atoms with Gasteiger partial charge in [0.15, 0.2) is 0 Å². The maximum atomic E-state index is 12.0. The number of aryl methyl sites for hydroxylation is 1. The van der Waals surface area contributed by atoms with Crippen molar-refractivity contribution in [3.05, 3.63) is 35.4 Å². The fraction of sp³-hybridized carbons (Fsp3) is 0.462. The van der Waals surface area contributed by atoms with E-state index in [9.17, 15) is 4.79 Å². The van der Waals surface area contributed by atoms with Crippen LogP contribution in [0.25, 0.3) is 0 Å². The largest absolute Gasteiger partial charge is 0.270 e. The first-order valence-corrected chi connectivity index (χ1v) is 6.05. The van der Waals surface area contributed by atoms with Crippen LogP contribution in [0.3, 0.4) is 0 Å². The summed E-state index contributed by atoms with van der Waals surface area (Å²) in [5.41, 5.74) is 4.04. The van der Waals surface area contributed by atoms with Gasteiger partial charge in [0.2, 0.25) is 0 Å². The lowest BCUT2D eigenvalue weighted by Crippen LogP contribution is -2.46. The van der Waals surface area contributed by atoms with E-state index in [2.05, 4.69) is 5.43 Å². The van der Waals surface area contributed by atoms with E-state index in [1.807, 2.05) is 52.0 Å². The average molecular weight is 291 g/mol. The van der Waals surface area contributed by atoms with Crippen LogP contribution in [0.5, 0.6) is 0 Å². The fourth-order valence-electron chi connectivity index (χ4n) is 1.37. The summed E-state index contributed by atoms with van der Waals surface area (Å²) >= 11 is 6.00. The molecule has 1 N–H and O–H groups in total. The molecule has 1 rings (SSSR count). The number of carbonyl (C=O) groups is 1. The second-order valence-corrected chi connectivity index (χ2v) is 5.24. The lowest BCUT2D eigenvalue weighted by atomic mass is 10.1. The van der Waals surface area contributed by atoms with Crippen LogP contribution in [0.1, 0.15) is 43.6 Å². The summed E-state index contributed by atoms with van der Waals surface area (Å²) in [4.78, 5) is 12.0. The molecule has 1 aromatic rings. The van der Waals surface area contributed by atoms with Crippen molar-refractivity contribution in [2.24, 2.45) is 0 Å². The van der Waals surface area contributed by atoms with Gasteiger partial charge < -0.3 is 0 Å². The van der Waals surface area contributed by atoms with Gasteiger partial charge in [-0.05, 0) is 38.8 Å². The molecule has 0 radical (unpaired) electrons. The monoisotopic (exact) mass is 290 g/mol. The second-order valence-electron chi connectivity index (χ2n) is 4.90. The Hall–Kier alpha value is -0.770. The molecule has 0 saturated heterocycles. The van der Waals surface area contributed by atoms with Crippen molar-refractivity contribution in [1.82, 2.24) is 9.95 Å². The Balaban J connectivity index is 0.00000289. The zero-order valence-electron chi connectivity index (χ0n) is 11.2. The van der Waals surface area contributed by atoms with Gasteiger partial charge in [-0.2, -0.15) is 0 Å². The Kier molecular flexibility index (Phi) is 6.68. The Labute approximate surface area is 120 Å². The van der Waals surface area contributed by atoms with E-state index in [4.69, 9.17) is 11.8 Å². The first-order chi connectivity index (χ1) is 7.86. The highest BCUT2D eigenvalue weighted by atomic mass is 35.5. The third-order valence-corrected chi connectivity index (χ3v) is 3.02. The van der Waals surface area contributed by atoms with Crippen LogP contribution < -0.4 is 5.43 Å². The Bertz CT molecular complexity index is 402. The zero-order valence-corrected chi connectivity index (χ0v) is 12.7. The maximum Gasteiger partial charge on any atom is 0.266 e. The van der Waals surface area contributed by atoms with Gasteiger partial charge in [0.25, 0.3) is 5.91 Å². The first-order valence-electron chi connectivity index (χ1n) is 5.71. The van der Waals surface area contributed by atoms with Crippen LogP contribution in [-0.2, 0) is 6.42 Å². The Morgan fingerprint density at radius 2 is 1.89 bits per heavy atom. The molecule has 0 aliphatic carbocycles. The van der Waals surface area contributed by atoms with Gasteiger partial charge in [0, 0.05) is 22.9 Å². The molecule has 0 aliphatic heterocycles. The predicted molar refractivity (Wildman–Crippen MR) is 78.0 cm³/mol. The van der Waals surface area contributed by atoms with Crippen molar-refractivity contribution in [3.63, 3.8) is 0 Å². The summed E-state index contributed by atoms with van der Waals surface area (Å²) in [5.74, 6) is -0.174. The molecular weight excluding hydrogens is 271 g/mol. The summed E-state index contributed by atoms with van der Waals surface area (Å²) in [6.45, 7) is 7.79. The molecule has 102 valence electrons. The molecule has 1 amide bonds. The molecule has 0 aromatic heterocycles. The van der Waals surface area contributed by atoms with Gasteiger partial charge >= 0.3 is 0 Å². The number of hydrazine groups is 1. The zero-order chi connectivity index (χ0) is 13.1. The third-order valence-electron chi connectivity index (χ3n) is 2.43. The topological polar surface area (TPSA) is 32.3 Å². The quantitative estimate of drug-likeness (QED) is 0.682. The van der Waals surface area contributed by atoms with Gasteiger partial charge in [-0.25, -0.2) is 0 Å². The van der Waals surface area contributed by atoms with Crippen molar-refractivity contribution in [2.75, 3.05) is 0 Å². The summed E-state index contributed by atoms with van der Waals surface area (Å²) < 4.78 is 1.31. The lowest BCUT2D eigenvalue weighted by Gasteiger charge is -2.28. The normalized spacial score (nSPS) is 11.0. The molecule has 0 spiro atoms.